The maximum Gasteiger partial charge on any atom is 0.307 e. The van der Waals surface area contributed by atoms with Crippen LogP contribution in [0.5, 0.6) is 0 Å². The zero-order valence-electron chi connectivity index (χ0n) is 12.1. The second kappa shape index (κ2) is 8.51. The summed E-state index contributed by atoms with van der Waals surface area (Å²) in [4.78, 5) is 11.6. The van der Waals surface area contributed by atoms with Crippen LogP contribution >= 0.6 is 0 Å². The number of nitrogens with one attached hydrogen (secondary N) is 1. The molecule has 0 aliphatic heterocycles. The Balaban J connectivity index is 4.31. The van der Waals surface area contributed by atoms with Crippen LogP contribution in [0.2, 0.25) is 0 Å². The van der Waals surface area contributed by atoms with Gasteiger partial charge in [0.1, 0.15) is 0 Å². The fourth-order valence-electron chi connectivity index (χ4n) is 1.80. The van der Waals surface area contributed by atoms with E-state index in [1.165, 1.54) is 0 Å². The van der Waals surface area contributed by atoms with Crippen LogP contribution in [0.4, 0.5) is 0 Å². The number of hydrogen-bond acceptors (Lipinski definition) is 3. The normalized spacial score (nSPS) is 14.7. The first kappa shape index (κ1) is 16.4. The molecule has 3 heteroatoms. The Morgan fingerprint density at radius 2 is 2.00 bits per heavy atom. The second-order valence-corrected chi connectivity index (χ2v) is 5.40. The number of ether oxygens (including phenoxy) is 1. The number of esters is 1. The Morgan fingerprint density at radius 3 is 2.47 bits per heavy atom. The second-order valence-electron chi connectivity index (χ2n) is 5.40. The van der Waals surface area contributed by atoms with Crippen LogP contribution in [0.15, 0.2) is 0 Å². The summed E-state index contributed by atoms with van der Waals surface area (Å²) in [7, 11) is 0. The number of hydrogen-bond donors (Lipinski definition) is 1. The molecule has 0 aromatic rings. The SMILES string of the molecule is CCCNC(C)(CCC(C)C)CC(=O)OCC. The summed E-state index contributed by atoms with van der Waals surface area (Å²) >= 11 is 0. The van der Waals surface area contributed by atoms with E-state index in [-0.39, 0.29) is 11.5 Å². The third-order valence-electron chi connectivity index (χ3n) is 2.92. The van der Waals surface area contributed by atoms with Gasteiger partial charge < -0.3 is 10.1 Å². The number of rotatable bonds is 9. The average molecular weight is 243 g/mol. The molecule has 0 aromatic heterocycles. The molecule has 0 bridgehead atoms. The molecule has 102 valence electrons. The first-order valence-electron chi connectivity index (χ1n) is 6.84. The van der Waals surface area contributed by atoms with Crippen LogP contribution in [0, 0.1) is 5.92 Å². The molecule has 0 spiro atoms. The molecule has 0 aliphatic carbocycles. The maximum absolute atomic E-state index is 11.6. The Labute approximate surface area is 106 Å². The zero-order chi connectivity index (χ0) is 13.3. The van der Waals surface area contributed by atoms with Crippen LogP contribution in [0.1, 0.15) is 60.3 Å². The van der Waals surface area contributed by atoms with Gasteiger partial charge in [-0.1, -0.05) is 20.8 Å². The van der Waals surface area contributed by atoms with E-state index in [0.717, 1.165) is 25.8 Å². The van der Waals surface area contributed by atoms with E-state index in [0.29, 0.717) is 18.9 Å². The molecule has 0 amide bonds. The Morgan fingerprint density at radius 1 is 1.35 bits per heavy atom. The molecule has 0 aromatic carbocycles. The lowest BCUT2D eigenvalue weighted by Crippen LogP contribution is -2.45. The standard InChI is InChI=1S/C14H29NO2/c1-6-10-15-14(5,9-8-12(3)4)11-13(16)17-7-2/h12,15H,6-11H2,1-5H3. The summed E-state index contributed by atoms with van der Waals surface area (Å²) in [5.74, 6) is 0.572. The van der Waals surface area contributed by atoms with Crippen LogP contribution in [-0.2, 0) is 9.53 Å². The van der Waals surface area contributed by atoms with Gasteiger partial charge in [-0.05, 0) is 45.6 Å². The highest BCUT2D eigenvalue weighted by molar-refractivity contribution is 5.70. The first-order chi connectivity index (χ1) is 7.93. The summed E-state index contributed by atoms with van der Waals surface area (Å²) in [6.45, 7) is 12.0. The van der Waals surface area contributed by atoms with E-state index < -0.39 is 0 Å². The van der Waals surface area contributed by atoms with Crippen LogP contribution in [0.3, 0.4) is 0 Å². The highest BCUT2D eigenvalue weighted by atomic mass is 16.5. The minimum absolute atomic E-state index is 0.0950. The van der Waals surface area contributed by atoms with Gasteiger partial charge in [-0.15, -0.1) is 0 Å². The van der Waals surface area contributed by atoms with Crippen molar-refractivity contribution in [3.8, 4) is 0 Å². The lowest BCUT2D eigenvalue weighted by atomic mass is 9.88. The Bertz CT molecular complexity index is 216. The first-order valence-corrected chi connectivity index (χ1v) is 6.84. The van der Waals surface area contributed by atoms with E-state index in [2.05, 4.69) is 33.0 Å². The van der Waals surface area contributed by atoms with E-state index in [9.17, 15) is 4.79 Å². The predicted molar refractivity (Wildman–Crippen MR) is 72.0 cm³/mol. The molecule has 0 saturated carbocycles. The minimum Gasteiger partial charge on any atom is -0.466 e. The van der Waals surface area contributed by atoms with Gasteiger partial charge in [-0.2, -0.15) is 0 Å². The molecule has 1 unspecified atom stereocenters. The topological polar surface area (TPSA) is 38.3 Å². The molecule has 0 radical (unpaired) electrons. The van der Waals surface area contributed by atoms with Gasteiger partial charge in [0.05, 0.1) is 13.0 Å². The van der Waals surface area contributed by atoms with Crippen LogP contribution < -0.4 is 5.32 Å². The summed E-state index contributed by atoms with van der Waals surface area (Å²) in [5, 5.41) is 3.49. The van der Waals surface area contributed by atoms with Crippen molar-refractivity contribution < 1.29 is 9.53 Å². The van der Waals surface area contributed by atoms with Crippen molar-refractivity contribution in [3.63, 3.8) is 0 Å². The molecule has 0 fully saturated rings. The van der Waals surface area contributed by atoms with E-state index >= 15 is 0 Å². The van der Waals surface area contributed by atoms with Gasteiger partial charge in [-0.3, -0.25) is 4.79 Å². The van der Waals surface area contributed by atoms with E-state index in [1.54, 1.807) is 0 Å². The largest absolute Gasteiger partial charge is 0.466 e. The van der Waals surface area contributed by atoms with Crippen LogP contribution in [0.25, 0.3) is 0 Å². The number of carbonyl (C=O) groups is 1. The predicted octanol–water partition coefficient (Wildman–Crippen LogP) is 3.13. The summed E-state index contributed by atoms with van der Waals surface area (Å²) in [6, 6.07) is 0. The van der Waals surface area contributed by atoms with E-state index in [1.807, 2.05) is 6.92 Å². The quantitative estimate of drug-likeness (QED) is 0.632. The van der Waals surface area contributed by atoms with Crippen LogP contribution in [-0.4, -0.2) is 24.7 Å². The molecular formula is C14H29NO2. The van der Waals surface area contributed by atoms with Crippen molar-refractivity contribution in [3.05, 3.63) is 0 Å². The van der Waals surface area contributed by atoms with Gasteiger partial charge in [-0.25, -0.2) is 0 Å². The highest BCUT2D eigenvalue weighted by Crippen LogP contribution is 2.21. The molecule has 1 atom stereocenters. The van der Waals surface area contributed by atoms with E-state index in [4.69, 9.17) is 4.74 Å². The van der Waals surface area contributed by atoms with Crippen molar-refractivity contribution in [2.24, 2.45) is 5.92 Å². The van der Waals surface area contributed by atoms with Gasteiger partial charge in [0, 0.05) is 5.54 Å². The minimum atomic E-state index is -0.119. The summed E-state index contributed by atoms with van der Waals surface area (Å²) in [6.07, 6.45) is 3.70. The van der Waals surface area contributed by atoms with Gasteiger partial charge >= 0.3 is 5.97 Å². The fraction of sp³-hybridized carbons (Fsp3) is 0.929. The molecule has 17 heavy (non-hydrogen) atoms. The fourth-order valence-corrected chi connectivity index (χ4v) is 1.80. The third-order valence-corrected chi connectivity index (χ3v) is 2.92. The lowest BCUT2D eigenvalue weighted by molar-refractivity contribution is -0.144. The lowest BCUT2D eigenvalue weighted by Gasteiger charge is -2.31. The molecule has 3 nitrogen and oxygen atoms in total. The smallest absolute Gasteiger partial charge is 0.307 e. The van der Waals surface area contributed by atoms with Crippen molar-refractivity contribution in [2.75, 3.05) is 13.2 Å². The summed E-state index contributed by atoms with van der Waals surface area (Å²) < 4.78 is 5.05. The molecule has 0 rings (SSSR count). The van der Waals surface area contributed by atoms with Crippen molar-refractivity contribution in [1.29, 1.82) is 0 Å². The van der Waals surface area contributed by atoms with Crippen molar-refractivity contribution in [2.45, 2.75) is 65.8 Å². The molecular weight excluding hydrogens is 214 g/mol. The summed E-state index contributed by atoms with van der Waals surface area (Å²) in [5.41, 5.74) is -0.119. The molecule has 0 aliphatic rings. The Kier molecular flexibility index (Phi) is 8.23. The molecule has 0 saturated heterocycles. The average Bonchev–Trinajstić information content (AvgIpc) is 2.24. The molecule has 1 N–H and O–H groups in total. The van der Waals surface area contributed by atoms with Gasteiger partial charge in [0.15, 0.2) is 0 Å². The van der Waals surface area contributed by atoms with Crippen molar-refractivity contribution >= 4 is 5.97 Å². The maximum atomic E-state index is 11.6. The molecule has 0 heterocycles. The Hall–Kier alpha value is -0.570. The third kappa shape index (κ3) is 8.19. The van der Waals surface area contributed by atoms with Gasteiger partial charge in [0.25, 0.3) is 0 Å². The monoisotopic (exact) mass is 243 g/mol. The zero-order valence-corrected chi connectivity index (χ0v) is 12.1. The van der Waals surface area contributed by atoms with Gasteiger partial charge in [0.2, 0.25) is 0 Å². The van der Waals surface area contributed by atoms with Crippen molar-refractivity contribution in [1.82, 2.24) is 5.32 Å². The number of carbonyl (C=O) groups excluding carboxylic acids is 1. The highest BCUT2D eigenvalue weighted by Gasteiger charge is 2.27.